The summed E-state index contributed by atoms with van der Waals surface area (Å²) in [6.45, 7) is 6.11. The van der Waals surface area contributed by atoms with E-state index in [9.17, 15) is 14.9 Å². The fourth-order valence-corrected chi connectivity index (χ4v) is 2.51. The Kier molecular flexibility index (Phi) is 5.75. The van der Waals surface area contributed by atoms with Crippen molar-refractivity contribution >= 4 is 11.6 Å². The second kappa shape index (κ2) is 7.79. The van der Waals surface area contributed by atoms with E-state index < -0.39 is 10.8 Å². The first-order valence-corrected chi connectivity index (χ1v) is 8.06. The van der Waals surface area contributed by atoms with E-state index in [1.807, 2.05) is 31.2 Å². The molecule has 0 aliphatic rings. The number of methoxy groups -OCH3 is 1. The lowest BCUT2D eigenvalue weighted by Gasteiger charge is -2.16. The maximum Gasteiger partial charge on any atom is 0.270 e. The third kappa shape index (κ3) is 4.35. The van der Waals surface area contributed by atoms with Gasteiger partial charge in [-0.3, -0.25) is 14.9 Å². The fraction of sp³-hybridized carbons (Fsp3) is 0.316. The lowest BCUT2D eigenvalue weighted by molar-refractivity contribution is -0.384. The standard InChI is InChI=1S/C19H22N2O4/c1-12(2)14-5-7-15(8-6-14)13(3)20-19(22)17-11-16(21(23)24)9-10-18(17)25-4/h5-13H,1-4H3,(H,20,22). The van der Waals surface area contributed by atoms with Crippen LogP contribution in [0, 0.1) is 10.1 Å². The molecule has 0 saturated carbocycles. The van der Waals surface area contributed by atoms with E-state index in [4.69, 9.17) is 4.74 Å². The first kappa shape index (κ1) is 18.4. The summed E-state index contributed by atoms with van der Waals surface area (Å²) in [4.78, 5) is 22.9. The van der Waals surface area contributed by atoms with Crippen molar-refractivity contribution in [3.8, 4) is 5.75 Å². The molecule has 6 heteroatoms. The van der Waals surface area contributed by atoms with Crippen LogP contribution < -0.4 is 10.1 Å². The molecule has 2 rings (SSSR count). The summed E-state index contributed by atoms with van der Waals surface area (Å²) in [5, 5.41) is 13.8. The Morgan fingerprint density at radius 2 is 1.68 bits per heavy atom. The maximum atomic E-state index is 12.5. The number of nitrogens with one attached hydrogen (secondary N) is 1. The fourth-order valence-electron chi connectivity index (χ4n) is 2.51. The van der Waals surface area contributed by atoms with E-state index >= 15 is 0 Å². The molecule has 0 heterocycles. The van der Waals surface area contributed by atoms with Crippen molar-refractivity contribution < 1.29 is 14.5 Å². The lowest BCUT2D eigenvalue weighted by Crippen LogP contribution is -2.27. The van der Waals surface area contributed by atoms with Crippen LogP contribution in [-0.2, 0) is 0 Å². The number of nitrogens with zero attached hydrogens (tertiary/aromatic N) is 1. The number of amides is 1. The number of nitro groups is 1. The van der Waals surface area contributed by atoms with Gasteiger partial charge in [-0.25, -0.2) is 0 Å². The molecule has 0 spiro atoms. The molecule has 1 atom stereocenters. The second-order valence-electron chi connectivity index (χ2n) is 6.16. The van der Waals surface area contributed by atoms with Gasteiger partial charge in [0.1, 0.15) is 5.75 Å². The van der Waals surface area contributed by atoms with Crippen LogP contribution in [0.3, 0.4) is 0 Å². The Bertz CT molecular complexity index is 769. The van der Waals surface area contributed by atoms with Gasteiger partial charge in [0.15, 0.2) is 0 Å². The van der Waals surface area contributed by atoms with Crippen LogP contribution in [0.15, 0.2) is 42.5 Å². The normalized spacial score (nSPS) is 11.9. The number of carbonyl (C=O) groups is 1. The molecule has 1 N–H and O–H groups in total. The number of carbonyl (C=O) groups excluding carboxylic acids is 1. The molecular formula is C19H22N2O4. The van der Waals surface area contributed by atoms with Crippen molar-refractivity contribution in [1.82, 2.24) is 5.32 Å². The van der Waals surface area contributed by atoms with Gasteiger partial charge in [-0.2, -0.15) is 0 Å². The van der Waals surface area contributed by atoms with Crippen LogP contribution in [0.4, 0.5) is 5.69 Å². The van der Waals surface area contributed by atoms with Gasteiger partial charge in [-0.1, -0.05) is 38.1 Å². The molecule has 1 unspecified atom stereocenters. The third-order valence-corrected chi connectivity index (χ3v) is 4.09. The third-order valence-electron chi connectivity index (χ3n) is 4.09. The molecule has 0 aliphatic carbocycles. The molecule has 2 aromatic rings. The van der Waals surface area contributed by atoms with Crippen molar-refractivity contribution in [3.63, 3.8) is 0 Å². The Morgan fingerprint density at radius 1 is 1.08 bits per heavy atom. The van der Waals surface area contributed by atoms with E-state index in [0.29, 0.717) is 11.7 Å². The summed E-state index contributed by atoms with van der Waals surface area (Å²) in [5.74, 6) is 0.319. The van der Waals surface area contributed by atoms with Crippen molar-refractivity contribution in [2.24, 2.45) is 0 Å². The van der Waals surface area contributed by atoms with E-state index in [2.05, 4.69) is 19.2 Å². The minimum atomic E-state index is -0.537. The lowest BCUT2D eigenvalue weighted by atomic mass is 9.99. The Labute approximate surface area is 147 Å². The van der Waals surface area contributed by atoms with Crippen LogP contribution >= 0.6 is 0 Å². The molecule has 132 valence electrons. The Balaban J connectivity index is 2.20. The Hall–Kier alpha value is -2.89. The molecule has 0 radical (unpaired) electrons. The van der Waals surface area contributed by atoms with Crippen LogP contribution in [0.5, 0.6) is 5.75 Å². The zero-order valence-electron chi connectivity index (χ0n) is 14.8. The summed E-state index contributed by atoms with van der Waals surface area (Å²) in [6, 6.07) is 11.8. The summed E-state index contributed by atoms with van der Waals surface area (Å²) in [6.07, 6.45) is 0. The monoisotopic (exact) mass is 342 g/mol. The molecule has 6 nitrogen and oxygen atoms in total. The molecule has 0 saturated heterocycles. The SMILES string of the molecule is COc1ccc([N+](=O)[O-])cc1C(=O)NC(C)c1ccc(C(C)C)cc1. The van der Waals surface area contributed by atoms with Gasteiger partial charge >= 0.3 is 0 Å². The van der Waals surface area contributed by atoms with Crippen molar-refractivity contribution in [2.75, 3.05) is 7.11 Å². The molecule has 2 aromatic carbocycles. The summed E-state index contributed by atoms with van der Waals surface area (Å²) in [5.41, 5.74) is 2.17. The quantitative estimate of drug-likeness (QED) is 0.629. The smallest absolute Gasteiger partial charge is 0.270 e. The average Bonchev–Trinajstić information content (AvgIpc) is 2.60. The van der Waals surface area contributed by atoms with E-state index in [1.54, 1.807) is 0 Å². The number of rotatable bonds is 6. The molecule has 0 aromatic heterocycles. The predicted octanol–water partition coefficient (Wildman–Crippen LogP) is 4.22. The number of ether oxygens (including phenoxy) is 1. The molecule has 1 amide bonds. The molecule has 25 heavy (non-hydrogen) atoms. The average molecular weight is 342 g/mol. The summed E-state index contributed by atoms with van der Waals surface area (Å²) < 4.78 is 5.15. The highest BCUT2D eigenvalue weighted by molar-refractivity contribution is 5.97. The number of hydrogen-bond acceptors (Lipinski definition) is 4. The van der Waals surface area contributed by atoms with Gasteiger partial charge in [-0.15, -0.1) is 0 Å². The van der Waals surface area contributed by atoms with Gasteiger partial charge in [0.2, 0.25) is 0 Å². The van der Waals surface area contributed by atoms with Crippen molar-refractivity contribution in [3.05, 3.63) is 69.3 Å². The first-order chi connectivity index (χ1) is 11.8. The largest absolute Gasteiger partial charge is 0.496 e. The van der Waals surface area contributed by atoms with E-state index in [-0.39, 0.29) is 17.3 Å². The maximum absolute atomic E-state index is 12.5. The highest BCUT2D eigenvalue weighted by Gasteiger charge is 2.19. The number of hydrogen-bond donors (Lipinski definition) is 1. The van der Waals surface area contributed by atoms with Gasteiger partial charge in [0.05, 0.1) is 23.6 Å². The zero-order valence-corrected chi connectivity index (χ0v) is 14.8. The molecular weight excluding hydrogens is 320 g/mol. The van der Waals surface area contributed by atoms with Gasteiger partial charge in [0, 0.05) is 12.1 Å². The highest BCUT2D eigenvalue weighted by atomic mass is 16.6. The van der Waals surface area contributed by atoms with Crippen LogP contribution in [0.1, 0.15) is 54.2 Å². The molecule has 0 bridgehead atoms. The van der Waals surface area contributed by atoms with Crippen LogP contribution in [0.2, 0.25) is 0 Å². The van der Waals surface area contributed by atoms with E-state index in [0.717, 1.165) is 5.56 Å². The first-order valence-electron chi connectivity index (χ1n) is 8.06. The number of benzene rings is 2. The second-order valence-corrected chi connectivity index (χ2v) is 6.16. The summed E-state index contributed by atoms with van der Waals surface area (Å²) >= 11 is 0. The zero-order chi connectivity index (χ0) is 18.6. The predicted molar refractivity (Wildman–Crippen MR) is 96.1 cm³/mol. The topological polar surface area (TPSA) is 81.5 Å². The number of non-ortho nitro benzene ring substituents is 1. The minimum Gasteiger partial charge on any atom is -0.496 e. The summed E-state index contributed by atoms with van der Waals surface area (Å²) in [7, 11) is 1.42. The minimum absolute atomic E-state index is 0.141. The Morgan fingerprint density at radius 3 is 2.20 bits per heavy atom. The van der Waals surface area contributed by atoms with Crippen molar-refractivity contribution in [1.29, 1.82) is 0 Å². The highest BCUT2D eigenvalue weighted by Crippen LogP contribution is 2.25. The molecule has 0 fully saturated rings. The van der Waals surface area contributed by atoms with Crippen molar-refractivity contribution in [2.45, 2.75) is 32.7 Å². The van der Waals surface area contributed by atoms with Gasteiger partial charge in [0.25, 0.3) is 11.6 Å². The van der Waals surface area contributed by atoms with Gasteiger partial charge < -0.3 is 10.1 Å². The van der Waals surface area contributed by atoms with Crippen LogP contribution in [-0.4, -0.2) is 17.9 Å². The molecule has 0 aliphatic heterocycles. The van der Waals surface area contributed by atoms with Crippen LogP contribution in [0.25, 0.3) is 0 Å². The van der Waals surface area contributed by atoms with Gasteiger partial charge in [-0.05, 0) is 30.0 Å². The number of nitro benzene ring substituents is 1. The van der Waals surface area contributed by atoms with E-state index in [1.165, 1.54) is 30.9 Å².